The minimum atomic E-state index is -0.361. The standard InChI is InChI=1S/C8H13BrO2/c1-7(2,3)11-6(10)8(9)4-5-8/h4-5H2,1-3H3. The summed E-state index contributed by atoms with van der Waals surface area (Å²) in [6.07, 6.45) is 1.81. The molecule has 0 spiro atoms. The van der Waals surface area contributed by atoms with Gasteiger partial charge in [-0.3, -0.25) is 4.79 Å². The number of alkyl halides is 1. The lowest BCUT2D eigenvalue weighted by Crippen LogP contribution is -2.29. The van der Waals surface area contributed by atoms with Gasteiger partial charge in [-0.2, -0.15) is 0 Å². The highest BCUT2D eigenvalue weighted by atomic mass is 79.9. The van der Waals surface area contributed by atoms with E-state index in [9.17, 15) is 4.79 Å². The Morgan fingerprint density at radius 3 is 2.18 bits per heavy atom. The number of carbonyl (C=O) groups is 1. The molecule has 1 rings (SSSR count). The number of hydrogen-bond donors (Lipinski definition) is 0. The van der Waals surface area contributed by atoms with Crippen molar-refractivity contribution in [2.24, 2.45) is 0 Å². The van der Waals surface area contributed by atoms with E-state index in [4.69, 9.17) is 4.74 Å². The van der Waals surface area contributed by atoms with Crippen LogP contribution in [0, 0.1) is 0 Å². The van der Waals surface area contributed by atoms with Gasteiger partial charge in [-0.25, -0.2) is 0 Å². The van der Waals surface area contributed by atoms with Gasteiger partial charge in [0, 0.05) is 0 Å². The number of rotatable bonds is 1. The van der Waals surface area contributed by atoms with E-state index in [1.165, 1.54) is 0 Å². The van der Waals surface area contributed by atoms with Crippen LogP contribution in [0.3, 0.4) is 0 Å². The Kier molecular flexibility index (Phi) is 2.03. The molecule has 0 aromatic heterocycles. The third kappa shape index (κ3) is 2.47. The average Bonchev–Trinajstić information content (AvgIpc) is 2.44. The summed E-state index contributed by atoms with van der Waals surface area (Å²) in [5, 5.41) is 0. The summed E-state index contributed by atoms with van der Waals surface area (Å²) in [5.74, 6) is -0.120. The summed E-state index contributed by atoms with van der Waals surface area (Å²) >= 11 is 3.33. The quantitative estimate of drug-likeness (QED) is 0.501. The first-order chi connectivity index (χ1) is 4.83. The zero-order chi connectivity index (χ0) is 8.70. The Labute approximate surface area is 75.4 Å². The summed E-state index contributed by atoms with van der Waals surface area (Å²) in [5.41, 5.74) is -0.361. The van der Waals surface area contributed by atoms with Crippen LogP contribution in [-0.2, 0) is 9.53 Å². The van der Waals surface area contributed by atoms with Crippen molar-refractivity contribution in [3.05, 3.63) is 0 Å². The summed E-state index contributed by atoms with van der Waals surface area (Å²) in [4.78, 5) is 11.3. The predicted molar refractivity (Wildman–Crippen MR) is 46.7 cm³/mol. The molecule has 0 heterocycles. The molecule has 0 radical (unpaired) electrons. The number of carbonyl (C=O) groups excluding carboxylic acids is 1. The Balaban J connectivity index is 2.45. The molecule has 3 heteroatoms. The van der Waals surface area contributed by atoms with Crippen LogP contribution in [0.15, 0.2) is 0 Å². The first-order valence-electron chi connectivity index (χ1n) is 3.76. The molecule has 0 N–H and O–H groups in total. The summed E-state index contributed by atoms with van der Waals surface area (Å²) in [6.45, 7) is 5.64. The minimum Gasteiger partial charge on any atom is -0.459 e. The molecule has 1 saturated carbocycles. The maximum atomic E-state index is 11.3. The number of halogens is 1. The van der Waals surface area contributed by atoms with Crippen molar-refractivity contribution in [1.29, 1.82) is 0 Å². The Hall–Kier alpha value is -0.0500. The fourth-order valence-corrected chi connectivity index (χ4v) is 0.963. The van der Waals surface area contributed by atoms with Gasteiger partial charge < -0.3 is 4.74 Å². The molecule has 0 saturated heterocycles. The molecule has 11 heavy (non-hydrogen) atoms. The van der Waals surface area contributed by atoms with Gasteiger partial charge in [0.15, 0.2) is 0 Å². The van der Waals surface area contributed by atoms with Gasteiger partial charge in [-0.05, 0) is 33.6 Å². The molecule has 0 bridgehead atoms. The number of ether oxygens (including phenoxy) is 1. The van der Waals surface area contributed by atoms with Crippen LogP contribution in [0.25, 0.3) is 0 Å². The molecule has 0 aromatic rings. The van der Waals surface area contributed by atoms with E-state index >= 15 is 0 Å². The highest BCUT2D eigenvalue weighted by Crippen LogP contribution is 2.46. The lowest BCUT2D eigenvalue weighted by atomic mass is 10.2. The van der Waals surface area contributed by atoms with Crippen molar-refractivity contribution in [2.45, 2.75) is 43.5 Å². The fraction of sp³-hybridized carbons (Fsp3) is 0.875. The van der Waals surface area contributed by atoms with Gasteiger partial charge in [0.05, 0.1) is 0 Å². The molecule has 1 fully saturated rings. The normalized spacial score (nSPS) is 21.1. The minimum absolute atomic E-state index is 0.120. The highest BCUT2D eigenvalue weighted by molar-refractivity contribution is 9.10. The van der Waals surface area contributed by atoms with E-state index in [0.29, 0.717) is 0 Å². The van der Waals surface area contributed by atoms with Crippen molar-refractivity contribution in [2.75, 3.05) is 0 Å². The van der Waals surface area contributed by atoms with Crippen LogP contribution in [0.5, 0.6) is 0 Å². The van der Waals surface area contributed by atoms with Gasteiger partial charge in [-0.15, -0.1) is 0 Å². The molecule has 1 aliphatic rings. The second-order valence-electron chi connectivity index (χ2n) is 3.97. The molecule has 0 amide bonds. The second-order valence-corrected chi connectivity index (χ2v) is 5.49. The summed E-state index contributed by atoms with van der Waals surface area (Å²) in [7, 11) is 0. The van der Waals surface area contributed by atoms with Crippen LogP contribution in [0.4, 0.5) is 0 Å². The molecule has 0 aromatic carbocycles. The van der Waals surface area contributed by atoms with E-state index in [2.05, 4.69) is 15.9 Å². The smallest absolute Gasteiger partial charge is 0.323 e. The molecule has 0 atom stereocenters. The van der Waals surface area contributed by atoms with Crippen LogP contribution in [0.2, 0.25) is 0 Å². The van der Waals surface area contributed by atoms with Gasteiger partial charge in [0.1, 0.15) is 9.93 Å². The molecule has 64 valence electrons. The van der Waals surface area contributed by atoms with E-state index < -0.39 is 0 Å². The highest BCUT2D eigenvalue weighted by Gasteiger charge is 2.50. The van der Waals surface area contributed by atoms with Crippen molar-refractivity contribution in [1.82, 2.24) is 0 Å². The largest absolute Gasteiger partial charge is 0.459 e. The maximum absolute atomic E-state index is 11.3. The lowest BCUT2D eigenvalue weighted by Gasteiger charge is -2.21. The Morgan fingerprint density at radius 2 is 1.91 bits per heavy atom. The van der Waals surface area contributed by atoms with Gasteiger partial charge in [-0.1, -0.05) is 15.9 Å². The van der Waals surface area contributed by atoms with E-state index in [0.717, 1.165) is 12.8 Å². The van der Waals surface area contributed by atoms with Crippen molar-refractivity contribution >= 4 is 21.9 Å². The van der Waals surface area contributed by atoms with Crippen molar-refractivity contribution in [3.8, 4) is 0 Å². The maximum Gasteiger partial charge on any atom is 0.323 e. The zero-order valence-corrected chi connectivity index (χ0v) is 8.69. The number of esters is 1. The first-order valence-corrected chi connectivity index (χ1v) is 4.55. The summed E-state index contributed by atoms with van der Waals surface area (Å²) < 4.78 is 4.85. The van der Waals surface area contributed by atoms with E-state index in [1.54, 1.807) is 0 Å². The zero-order valence-electron chi connectivity index (χ0n) is 7.11. The average molecular weight is 221 g/mol. The SMILES string of the molecule is CC(C)(C)OC(=O)C1(Br)CC1. The van der Waals surface area contributed by atoms with E-state index in [1.807, 2.05) is 20.8 Å². The van der Waals surface area contributed by atoms with Crippen LogP contribution in [-0.4, -0.2) is 15.9 Å². The third-order valence-electron chi connectivity index (χ3n) is 1.45. The second kappa shape index (κ2) is 2.47. The molecule has 0 aliphatic heterocycles. The Morgan fingerprint density at radius 1 is 1.45 bits per heavy atom. The molecular formula is C8H13BrO2. The van der Waals surface area contributed by atoms with Gasteiger partial charge in [0.2, 0.25) is 0 Å². The topological polar surface area (TPSA) is 26.3 Å². The van der Waals surface area contributed by atoms with Crippen LogP contribution >= 0.6 is 15.9 Å². The number of hydrogen-bond acceptors (Lipinski definition) is 2. The first kappa shape index (κ1) is 9.04. The monoisotopic (exact) mass is 220 g/mol. The third-order valence-corrected chi connectivity index (χ3v) is 2.57. The molecule has 0 unspecified atom stereocenters. The van der Waals surface area contributed by atoms with Gasteiger partial charge in [0.25, 0.3) is 0 Å². The molecule has 2 nitrogen and oxygen atoms in total. The van der Waals surface area contributed by atoms with E-state index in [-0.39, 0.29) is 15.9 Å². The van der Waals surface area contributed by atoms with Crippen molar-refractivity contribution in [3.63, 3.8) is 0 Å². The van der Waals surface area contributed by atoms with Crippen LogP contribution < -0.4 is 0 Å². The molecular weight excluding hydrogens is 208 g/mol. The summed E-state index contributed by atoms with van der Waals surface area (Å²) in [6, 6.07) is 0. The lowest BCUT2D eigenvalue weighted by molar-refractivity contribution is -0.154. The van der Waals surface area contributed by atoms with Gasteiger partial charge >= 0.3 is 5.97 Å². The fourth-order valence-electron chi connectivity index (χ4n) is 0.683. The molecule has 1 aliphatic carbocycles. The van der Waals surface area contributed by atoms with Crippen molar-refractivity contribution < 1.29 is 9.53 Å². The predicted octanol–water partition coefficient (Wildman–Crippen LogP) is 2.26. The van der Waals surface area contributed by atoms with Crippen LogP contribution in [0.1, 0.15) is 33.6 Å². The Bertz CT molecular complexity index is 177.